The molecule has 106 valence electrons. The summed E-state index contributed by atoms with van der Waals surface area (Å²) >= 11 is 1.88. The van der Waals surface area contributed by atoms with Crippen molar-refractivity contribution in [3.05, 3.63) is 35.4 Å². The van der Waals surface area contributed by atoms with Crippen LogP contribution < -0.4 is 10.6 Å². The van der Waals surface area contributed by atoms with Crippen LogP contribution in [0.2, 0.25) is 0 Å². The Morgan fingerprint density at radius 2 is 2.16 bits per heavy atom. The SMILES string of the molecule is CCNC(=NCc1cccc(C)c1)NCCCSC. The number of rotatable bonds is 7. The van der Waals surface area contributed by atoms with E-state index in [0.717, 1.165) is 32.0 Å². The number of guanidine groups is 1. The zero-order chi connectivity index (χ0) is 13.9. The van der Waals surface area contributed by atoms with Crippen LogP contribution in [0.25, 0.3) is 0 Å². The minimum absolute atomic E-state index is 0.722. The molecule has 1 aromatic rings. The Morgan fingerprint density at radius 3 is 2.84 bits per heavy atom. The lowest BCUT2D eigenvalue weighted by molar-refractivity contribution is 0.790. The summed E-state index contributed by atoms with van der Waals surface area (Å²) in [5.41, 5.74) is 2.53. The average Bonchev–Trinajstić information content (AvgIpc) is 2.41. The first-order valence-electron chi connectivity index (χ1n) is 6.83. The summed E-state index contributed by atoms with van der Waals surface area (Å²) in [5, 5.41) is 6.64. The van der Waals surface area contributed by atoms with E-state index in [-0.39, 0.29) is 0 Å². The summed E-state index contributed by atoms with van der Waals surface area (Å²) in [7, 11) is 0. The van der Waals surface area contributed by atoms with E-state index < -0.39 is 0 Å². The lowest BCUT2D eigenvalue weighted by atomic mass is 10.1. The van der Waals surface area contributed by atoms with Gasteiger partial charge < -0.3 is 10.6 Å². The van der Waals surface area contributed by atoms with Crippen molar-refractivity contribution in [2.24, 2.45) is 4.99 Å². The van der Waals surface area contributed by atoms with E-state index in [1.807, 2.05) is 11.8 Å². The van der Waals surface area contributed by atoms with Gasteiger partial charge in [-0.3, -0.25) is 0 Å². The summed E-state index contributed by atoms with van der Waals surface area (Å²) in [6.45, 7) is 6.78. The molecule has 0 aliphatic carbocycles. The Balaban J connectivity index is 2.47. The third-order valence-electron chi connectivity index (χ3n) is 2.66. The standard InChI is InChI=1S/C15H25N3S/c1-4-16-15(17-9-6-10-19-3)18-12-14-8-5-7-13(2)11-14/h5,7-8,11H,4,6,9-10,12H2,1-3H3,(H2,16,17,18). The summed E-state index contributed by atoms with van der Waals surface area (Å²) in [6.07, 6.45) is 3.30. The van der Waals surface area contributed by atoms with Crippen LogP contribution in [0, 0.1) is 6.92 Å². The molecular weight excluding hydrogens is 254 g/mol. The van der Waals surface area contributed by atoms with Crippen LogP contribution >= 0.6 is 11.8 Å². The minimum atomic E-state index is 0.722. The van der Waals surface area contributed by atoms with Crippen molar-refractivity contribution in [3.8, 4) is 0 Å². The van der Waals surface area contributed by atoms with Crippen molar-refractivity contribution in [2.75, 3.05) is 25.1 Å². The Bertz CT molecular complexity index is 391. The van der Waals surface area contributed by atoms with Gasteiger partial charge in [0.15, 0.2) is 5.96 Å². The highest BCUT2D eigenvalue weighted by molar-refractivity contribution is 7.98. The van der Waals surface area contributed by atoms with Gasteiger partial charge in [-0.15, -0.1) is 0 Å². The number of nitrogens with zero attached hydrogens (tertiary/aromatic N) is 1. The first-order chi connectivity index (χ1) is 9.26. The van der Waals surface area contributed by atoms with Gasteiger partial charge in [0.25, 0.3) is 0 Å². The molecular formula is C15H25N3S. The molecule has 0 saturated heterocycles. The highest BCUT2D eigenvalue weighted by Gasteiger charge is 1.97. The van der Waals surface area contributed by atoms with E-state index in [9.17, 15) is 0 Å². The predicted molar refractivity (Wildman–Crippen MR) is 87.0 cm³/mol. The molecule has 0 bridgehead atoms. The molecule has 1 aromatic carbocycles. The van der Waals surface area contributed by atoms with Gasteiger partial charge in [-0.2, -0.15) is 11.8 Å². The fourth-order valence-electron chi connectivity index (χ4n) is 1.75. The third kappa shape index (κ3) is 7.11. The predicted octanol–water partition coefficient (Wildman–Crippen LogP) is 2.80. The molecule has 0 aliphatic heterocycles. The van der Waals surface area contributed by atoms with E-state index in [1.165, 1.54) is 16.9 Å². The van der Waals surface area contributed by atoms with Crippen molar-refractivity contribution < 1.29 is 0 Å². The quantitative estimate of drug-likeness (QED) is 0.458. The molecule has 0 amide bonds. The number of nitrogens with one attached hydrogen (secondary N) is 2. The zero-order valence-corrected chi connectivity index (χ0v) is 13.0. The highest BCUT2D eigenvalue weighted by Crippen LogP contribution is 2.04. The van der Waals surface area contributed by atoms with Crippen molar-refractivity contribution >= 4 is 17.7 Å². The van der Waals surface area contributed by atoms with Crippen LogP contribution in [0.3, 0.4) is 0 Å². The van der Waals surface area contributed by atoms with Gasteiger partial charge in [-0.1, -0.05) is 29.8 Å². The molecule has 1 rings (SSSR count). The van der Waals surface area contributed by atoms with Crippen LogP contribution in [0.1, 0.15) is 24.5 Å². The van der Waals surface area contributed by atoms with E-state index in [0.29, 0.717) is 0 Å². The molecule has 0 aromatic heterocycles. The van der Waals surface area contributed by atoms with E-state index >= 15 is 0 Å². The van der Waals surface area contributed by atoms with E-state index in [2.05, 4.69) is 60.0 Å². The normalized spacial score (nSPS) is 11.4. The fraction of sp³-hybridized carbons (Fsp3) is 0.533. The monoisotopic (exact) mass is 279 g/mol. The Hall–Kier alpha value is -1.16. The van der Waals surface area contributed by atoms with Gasteiger partial charge in [0.1, 0.15) is 0 Å². The van der Waals surface area contributed by atoms with Crippen LogP contribution in [-0.2, 0) is 6.54 Å². The topological polar surface area (TPSA) is 36.4 Å². The molecule has 0 fully saturated rings. The van der Waals surface area contributed by atoms with Gasteiger partial charge in [-0.05, 0) is 37.8 Å². The molecule has 0 spiro atoms. The fourth-order valence-corrected chi connectivity index (χ4v) is 2.18. The second kappa shape index (κ2) is 9.73. The number of hydrogen-bond acceptors (Lipinski definition) is 2. The van der Waals surface area contributed by atoms with Crippen molar-refractivity contribution in [1.82, 2.24) is 10.6 Å². The molecule has 0 radical (unpaired) electrons. The summed E-state index contributed by atoms with van der Waals surface area (Å²) < 4.78 is 0. The number of benzene rings is 1. The Labute approximate surface area is 121 Å². The van der Waals surface area contributed by atoms with Crippen LogP contribution in [0.4, 0.5) is 0 Å². The van der Waals surface area contributed by atoms with E-state index in [4.69, 9.17) is 0 Å². The molecule has 0 heterocycles. The van der Waals surface area contributed by atoms with Crippen LogP contribution in [0.5, 0.6) is 0 Å². The second-order valence-corrected chi connectivity index (χ2v) is 5.44. The minimum Gasteiger partial charge on any atom is -0.357 e. The average molecular weight is 279 g/mol. The summed E-state index contributed by atoms with van der Waals surface area (Å²) in [6, 6.07) is 8.49. The van der Waals surface area contributed by atoms with Crippen LogP contribution in [0.15, 0.2) is 29.3 Å². The summed E-state index contributed by atoms with van der Waals surface area (Å²) in [5.74, 6) is 2.09. The smallest absolute Gasteiger partial charge is 0.191 e. The molecule has 0 atom stereocenters. The molecule has 4 heteroatoms. The van der Waals surface area contributed by atoms with Crippen LogP contribution in [-0.4, -0.2) is 31.1 Å². The number of aliphatic imine (C=N–C) groups is 1. The van der Waals surface area contributed by atoms with Crippen molar-refractivity contribution in [2.45, 2.75) is 26.8 Å². The lowest BCUT2D eigenvalue weighted by Crippen LogP contribution is -2.37. The first kappa shape index (κ1) is 15.9. The van der Waals surface area contributed by atoms with Gasteiger partial charge >= 0.3 is 0 Å². The van der Waals surface area contributed by atoms with Gasteiger partial charge in [0, 0.05) is 13.1 Å². The zero-order valence-electron chi connectivity index (χ0n) is 12.2. The molecule has 3 nitrogen and oxygen atoms in total. The largest absolute Gasteiger partial charge is 0.357 e. The number of thioether (sulfide) groups is 1. The molecule has 0 unspecified atom stereocenters. The first-order valence-corrected chi connectivity index (χ1v) is 8.22. The third-order valence-corrected chi connectivity index (χ3v) is 3.36. The molecule has 19 heavy (non-hydrogen) atoms. The number of aryl methyl sites for hydroxylation is 1. The van der Waals surface area contributed by atoms with Gasteiger partial charge in [-0.25, -0.2) is 4.99 Å². The maximum atomic E-state index is 4.61. The number of hydrogen-bond donors (Lipinski definition) is 2. The highest BCUT2D eigenvalue weighted by atomic mass is 32.2. The maximum Gasteiger partial charge on any atom is 0.191 e. The van der Waals surface area contributed by atoms with Crippen molar-refractivity contribution in [1.29, 1.82) is 0 Å². The van der Waals surface area contributed by atoms with Gasteiger partial charge in [0.2, 0.25) is 0 Å². The Morgan fingerprint density at radius 1 is 1.32 bits per heavy atom. The lowest BCUT2D eigenvalue weighted by Gasteiger charge is -2.11. The molecule has 0 aliphatic rings. The van der Waals surface area contributed by atoms with Crippen molar-refractivity contribution in [3.63, 3.8) is 0 Å². The summed E-state index contributed by atoms with van der Waals surface area (Å²) in [4.78, 5) is 4.61. The molecule has 0 saturated carbocycles. The second-order valence-electron chi connectivity index (χ2n) is 4.46. The maximum absolute atomic E-state index is 4.61. The Kier molecular flexibility index (Phi) is 8.14. The van der Waals surface area contributed by atoms with Gasteiger partial charge in [0.05, 0.1) is 6.54 Å². The van der Waals surface area contributed by atoms with E-state index in [1.54, 1.807) is 0 Å². The molecule has 2 N–H and O–H groups in total.